The average molecular weight is 211 g/mol. The number of thiophene rings is 1. The van der Waals surface area contributed by atoms with E-state index in [2.05, 4.69) is 0 Å². The first-order valence-corrected chi connectivity index (χ1v) is 5.46. The lowest BCUT2D eigenvalue weighted by molar-refractivity contribution is 0.0863. The SMILES string of the molecule is Cc1cc(C(=O)C2(N)CCOC2)cs1. The summed E-state index contributed by atoms with van der Waals surface area (Å²) < 4.78 is 5.17. The maximum atomic E-state index is 12.0. The second-order valence-corrected chi connectivity index (χ2v) is 4.85. The van der Waals surface area contributed by atoms with Gasteiger partial charge in [0.15, 0.2) is 5.78 Å². The number of hydrogen-bond acceptors (Lipinski definition) is 4. The van der Waals surface area contributed by atoms with Crippen molar-refractivity contribution in [1.29, 1.82) is 0 Å². The lowest BCUT2D eigenvalue weighted by Gasteiger charge is -2.18. The van der Waals surface area contributed by atoms with Crippen LogP contribution in [0.5, 0.6) is 0 Å². The van der Waals surface area contributed by atoms with Crippen molar-refractivity contribution in [1.82, 2.24) is 0 Å². The Kier molecular flexibility index (Phi) is 2.43. The molecule has 1 atom stereocenters. The second kappa shape index (κ2) is 3.46. The Balaban J connectivity index is 2.23. The highest BCUT2D eigenvalue weighted by Crippen LogP contribution is 2.23. The van der Waals surface area contributed by atoms with Crippen LogP contribution in [0, 0.1) is 6.92 Å². The Bertz CT molecular complexity index is 353. The van der Waals surface area contributed by atoms with E-state index in [-0.39, 0.29) is 5.78 Å². The Morgan fingerprint density at radius 3 is 3.00 bits per heavy atom. The fourth-order valence-corrected chi connectivity index (χ4v) is 2.29. The molecule has 1 aliphatic rings. The van der Waals surface area contributed by atoms with Crippen molar-refractivity contribution < 1.29 is 9.53 Å². The van der Waals surface area contributed by atoms with Crippen LogP contribution in [0.3, 0.4) is 0 Å². The molecule has 2 rings (SSSR count). The van der Waals surface area contributed by atoms with Crippen molar-refractivity contribution in [2.24, 2.45) is 5.73 Å². The number of nitrogens with two attached hydrogens (primary N) is 1. The minimum absolute atomic E-state index is 0.0133. The summed E-state index contributed by atoms with van der Waals surface area (Å²) in [6.07, 6.45) is 0.626. The first-order chi connectivity index (χ1) is 6.62. The number of hydrogen-bond donors (Lipinski definition) is 1. The lowest BCUT2D eigenvalue weighted by Crippen LogP contribution is -2.48. The van der Waals surface area contributed by atoms with E-state index in [0.29, 0.717) is 19.6 Å². The van der Waals surface area contributed by atoms with Gasteiger partial charge in [-0.3, -0.25) is 4.79 Å². The maximum absolute atomic E-state index is 12.0. The molecule has 1 saturated heterocycles. The third-order valence-corrected chi connectivity index (χ3v) is 3.36. The van der Waals surface area contributed by atoms with Crippen LogP contribution in [0.4, 0.5) is 0 Å². The third-order valence-electron chi connectivity index (χ3n) is 2.50. The largest absolute Gasteiger partial charge is 0.379 e. The van der Waals surface area contributed by atoms with Crippen molar-refractivity contribution >= 4 is 17.1 Å². The monoisotopic (exact) mass is 211 g/mol. The van der Waals surface area contributed by atoms with Crippen molar-refractivity contribution in [3.63, 3.8) is 0 Å². The smallest absolute Gasteiger partial charge is 0.185 e. The minimum Gasteiger partial charge on any atom is -0.379 e. The molecule has 0 aliphatic carbocycles. The molecule has 0 spiro atoms. The number of Topliss-reactive ketones (excluding diaryl/α,β-unsaturated/α-hetero) is 1. The van der Waals surface area contributed by atoms with Gasteiger partial charge in [0.05, 0.1) is 6.61 Å². The number of ketones is 1. The van der Waals surface area contributed by atoms with Gasteiger partial charge in [-0.15, -0.1) is 11.3 Å². The zero-order valence-electron chi connectivity index (χ0n) is 8.08. The molecule has 1 aromatic rings. The second-order valence-electron chi connectivity index (χ2n) is 3.73. The zero-order valence-corrected chi connectivity index (χ0v) is 8.89. The highest BCUT2D eigenvalue weighted by molar-refractivity contribution is 7.10. The van der Waals surface area contributed by atoms with Crippen LogP contribution < -0.4 is 5.73 Å². The van der Waals surface area contributed by atoms with Gasteiger partial charge in [-0.2, -0.15) is 0 Å². The van der Waals surface area contributed by atoms with Crippen LogP contribution in [0.25, 0.3) is 0 Å². The molecule has 76 valence electrons. The summed E-state index contributed by atoms with van der Waals surface area (Å²) >= 11 is 1.57. The molecule has 1 aliphatic heterocycles. The molecule has 0 aromatic carbocycles. The standard InChI is InChI=1S/C10H13NO2S/c1-7-4-8(5-14-7)9(12)10(11)2-3-13-6-10/h4-5H,2-3,6,11H2,1H3. The molecule has 14 heavy (non-hydrogen) atoms. The van der Waals surface area contributed by atoms with Gasteiger partial charge < -0.3 is 10.5 Å². The molecule has 4 heteroatoms. The summed E-state index contributed by atoms with van der Waals surface area (Å²) in [5.74, 6) is 0.0133. The van der Waals surface area contributed by atoms with Gasteiger partial charge in [0, 0.05) is 22.4 Å². The molecule has 0 amide bonds. The maximum Gasteiger partial charge on any atom is 0.185 e. The number of ether oxygens (including phenoxy) is 1. The average Bonchev–Trinajstić information content (AvgIpc) is 2.74. The van der Waals surface area contributed by atoms with Gasteiger partial charge in [-0.25, -0.2) is 0 Å². The van der Waals surface area contributed by atoms with E-state index in [0.717, 1.165) is 10.4 Å². The number of rotatable bonds is 2. The van der Waals surface area contributed by atoms with Gasteiger partial charge in [-0.05, 0) is 19.4 Å². The molecule has 0 saturated carbocycles. The number of carbonyl (C=O) groups is 1. The van der Waals surface area contributed by atoms with Gasteiger partial charge in [-0.1, -0.05) is 0 Å². The van der Waals surface area contributed by atoms with Crippen LogP contribution >= 0.6 is 11.3 Å². The fraction of sp³-hybridized carbons (Fsp3) is 0.500. The number of aryl methyl sites for hydroxylation is 1. The number of carbonyl (C=O) groups excluding carboxylic acids is 1. The van der Waals surface area contributed by atoms with Crippen LogP contribution in [0.1, 0.15) is 21.7 Å². The Labute approximate surface area is 86.9 Å². The van der Waals surface area contributed by atoms with Crippen molar-refractivity contribution in [2.45, 2.75) is 18.9 Å². The molecule has 1 fully saturated rings. The predicted molar refractivity (Wildman–Crippen MR) is 55.7 cm³/mol. The van der Waals surface area contributed by atoms with Crippen LogP contribution in [-0.4, -0.2) is 24.5 Å². The van der Waals surface area contributed by atoms with E-state index >= 15 is 0 Å². The Hall–Kier alpha value is -0.710. The first-order valence-electron chi connectivity index (χ1n) is 4.58. The van der Waals surface area contributed by atoms with E-state index in [1.807, 2.05) is 18.4 Å². The van der Waals surface area contributed by atoms with Crippen molar-refractivity contribution in [3.8, 4) is 0 Å². The summed E-state index contributed by atoms with van der Waals surface area (Å²) in [6.45, 7) is 2.92. The summed E-state index contributed by atoms with van der Waals surface area (Å²) in [7, 11) is 0. The summed E-state index contributed by atoms with van der Waals surface area (Å²) in [4.78, 5) is 13.1. The van der Waals surface area contributed by atoms with Crippen LogP contribution in [0.15, 0.2) is 11.4 Å². The molecular formula is C10H13NO2S. The Morgan fingerprint density at radius 1 is 1.71 bits per heavy atom. The highest BCUT2D eigenvalue weighted by Gasteiger charge is 2.38. The summed E-state index contributed by atoms with van der Waals surface area (Å²) in [5.41, 5.74) is 5.91. The van der Waals surface area contributed by atoms with E-state index in [4.69, 9.17) is 10.5 Å². The summed E-state index contributed by atoms with van der Waals surface area (Å²) in [6, 6.07) is 1.89. The van der Waals surface area contributed by atoms with Crippen LogP contribution in [0.2, 0.25) is 0 Å². The Morgan fingerprint density at radius 2 is 2.50 bits per heavy atom. The molecule has 0 radical (unpaired) electrons. The topological polar surface area (TPSA) is 52.3 Å². The van der Waals surface area contributed by atoms with Gasteiger partial charge in [0.25, 0.3) is 0 Å². The van der Waals surface area contributed by atoms with E-state index < -0.39 is 5.54 Å². The van der Waals surface area contributed by atoms with E-state index in [1.54, 1.807) is 11.3 Å². The molecule has 0 bridgehead atoms. The van der Waals surface area contributed by atoms with Gasteiger partial charge in [0.1, 0.15) is 5.54 Å². The van der Waals surface area contributed by atoms with Gasteiger partial charge >= 0.3 is 0 Å². The highest BCUT2D eigenvalue weighted by atomic mass is 32.1. The van der Waals surface area contributed by atoms with Crippen LogP contribution in [-0.2, 0) is 4.74 Å². The van der Waals surface area contributed by atoms with Gasteiger partial charge in [0.2, 0.25) is 0 Å². The molecule has 1 unspecified atom stereocenters. The summed E-state index contributed by atoms with van der Waals surface area (Å²) in [5, 5.41) is 1.87. The molecular weight excluding hydrogens is 198 g/mol. The normalized spacial score (nSPS) is 26.7. The molecule has 3 nitrogen and oxygen atoms in total. The molecule has 2 N–H and O–H groups in total. The van der Waals surface area contributed by atoms with Crippen molar-refractivity contribution in [2.75, 3.05) is 13.2 Å². The molecule has 2 heterocycles. The third kappa shape index (κ3) is 1.61. The molecule has 1 aromatic heterocycles. The predicted octanol–water partition coefficient (Wildman–Crippen LogP) is 1.36. The quantitative estimate of drug-likeness (QED) is 0.751. The van der Waals surface area contributed by atoms with E-state index in [1.165, 1.54) is 0 Å². The zero-order chi connectivity index (χ0) is 10.2. The first kappa shape index (κ1) is 9.83. The minimum atomic E-state index is -0.784. The van der Waals surface area contributed by atoms with Crippen molar-refractivity contribution in [3.05, 3.63) is 21.9 Å². The lowest BCUT2D eigenvalue weighted by atomic mass is 9.91. The fourth-order valence-electron chi connectivity index (χ4n) is 1.61. The van der Waals surface area contributed by atoms with E-state index in [9.17, 15) is 4.79 Å².